The average Bonchev–Trinajstić information content (AvgIpc) is 2.70. The highest BCUT2D eigenvalue weighted by Gasteiger charge is 2.01. The summed E-state index contributed by atoms with van der Waals surface area (Å²) in [5, 5.41) is 0. The van der Waals surface area contributed by atoms with E-state index < -0.39 is 6.67 Å². The molecule has 0 unspecified atom stereocenters. The highest BCUT2D eigenvalue weighted by Crippen LogP contribution is 2.14. The molecule has 3 heteroatoms. The third-order valence-corrected chi connectivity index (χ3v) is 1.92. The van der Waals surface area contributed by atoms with Crippen molar-refractivity contribution in [2.75, 3.05) is 0 Å². The summed E-state index contributed by atoms with van der Waals surface area (Å²) < 4.78 is 14.3. The number of para-hydroxylation sites is 1. The quantitative estimate of drug-likeness (QED) is 0.686. The van der Waals surface area contributed by atoms with Gasteiger partial charge in [0.05, 0.1) is 12.0 Å². The molecule has 0 fully saturated rings. The summed E-state index contributed by atoms with van der Waals surface area (Å²) in [6.07, 6.45) is 5.14. The van der Waals surface area contributed by atoms with Crippen LogP contribution in [-0.2, 0) is 6.67 Å². The smallest absolute Gasteiger partial charge is 0.117 e. The SMILES string of the molecule is FCc1ccccc1-n1ccnc1. The van der Waals surface area contributed by atoms with Crippen molar-refractivity contribution < 1.29 is 4.39 Å². The Morgan fingerprint density at radius 2 is 2.15 bits per heavy atom. The Labute approximate surface area is 75.7 Å². The molecule has 2 aromatic rings. The largest absolute Gasteiger partial charge is 0.306 e. The van der Waals surface area contributed by atoms with E-state index in [1.54, 1.807) is 29.4 Å². The number of halogens is 1. The number of rotatable bonds is 2. The molecule has 0 saturated heterocycles. The Morgan fingerprint density at radius 1 is 1.31 bits per heavy atom. The molecule has 1 aromatic heterocycles. The fourth-order valence-corrected chi connectivity index (χ4v) is 1.28. The Hall–Kier alpha value is -1.64. The van der Waals surface area contributed by atoms with Crippen molar-refractivity contribution in [2.24, 2.45) is 0 Å². The molecule has 66 valence electrons. The van der Waals surface area contributed by atoms with Crippen LogP contribution in [0.4, 0.5) is 4.39 Å². The maximum absolute atomic E-state index is 12.5. The number of nitrogens with zero attached hydrogens (tertiary/aromatic N) is 2. The number of aromatic nitrogens is 2. The molecule has 13 heavy (non-hydrogen) atoms. The molecule has 1 heterocycles. The lowest BCUT2D eigenvalue weighted by Gasteiger charge is -2.05. The van der Waals surface area contributed by atoms with Crippen molar-refractivity contribution in [1.82, 2.24) is 9.55 Å². The highest BCUT2D eigenvalue weighted by atomic mass is 19.1. The summed E-state index contributed by atoms with van der Waals surface area (Å²) in [4.78, 5) is 3.91. The van der Waals surface area contributed by atoms with E-state index in [0.29, 0.717) is 5.56 Å². The van der Waals surface area contributed by atoms with Crippen LogP contribution in [0.25, 0.3) is 5.69 Å². The Morgan fingerprint density at radius 3 is 2.85 bits per heavy atom. The zero-order valence-electron chi connectivity index (χ0n) is 7.02. The van der Waals surface area contributed by atoms with Crippen LogP contribution in [0, 0.1) is 0 Å². The van der Waals surface area contributed by atoms with Crippen LogP contribution < -0.4 is 0 Å². The topological polar surface area (TPSA) is 17.8 Å². The van der Waals surface area contributed by atoms with Gasteiger partial charge in [0, 0.05) is 18.0 Å². The second-order valence-electron chi connectivity index (χ2n) is 2.73. The van der Waals surface area contributed by atoms with Crippen LogP contribution in [-0.4, -0.2) is 9.55 Å². The first-order valence-corrected chi connectivity index (χ1v) is 4.04. The van der Waals surface area contributed by atoms with E-state index in [2.05, 4.69) is 4.98 Å². The molecule has 0 amide bonds. The fraction of sp³-hybridized carbons (Fsp3) is 0.100. The molecule has 2 rings (SSSR count). The van der Waals surface area contributed by atoms with Crippen LogP contribution in [0.15, 0.2) is 43.0 Å². The van der Waals surface area contributed by atoms with Gasteiger partial charge in [-0.25, -0.2) is 9.37 Å². The third kappa shape index (κ3) is 1.45. The number of imidazole rings is 1. The van der Waals surface area contributed by atoms with Gasteiger partial charge in [-0.05, 0) is 6.07 Å². The maximum atomic E-state index is 12.5. The van der Waals surface area contributed by atoms with Crippen molar-refractivity contribution in [3.05, 3.63) is 48.5 Å². The second kappa shape index (κ2) is 3.39. The highest BCUT2D eigenvalue weighted by molar-refractivity contribution is 5.40. The lowest BCUT2D eigenvalue weighted by Crippen LogP contribution is -1.94. The van der Waals surface area contributed by atoms with Crippen LogP contribution in [0.2, 0.25) is 0 Å². The van der Waals surface area contributed by atoms with E-state index >= 15 is 0 Å². The lowest BCUT2D eigenvalue weighted by atomic mass is 10.2. The first kappa shape index (κ1) is 7.98. The van der Waals surface area contributed by atoms with Crippen molar-refractivity contribution in [3.8, 4) is 5.69 Å². The Kier molecular flexibility index (Phi) is 2.08. The lowest BCUT2D eigenvalue weighted by molar-refractivity contribution is 0.484. The van der Waals surface area contributed by atoms with Crippen molar-refractivity contribution >= 4 is 0 Å². The Bertz CT molecular complexity index is 382. The second-order valence-corrected chi connectivity index (χ2v) is 2.73. The van der Waals surface area contributed by atoms with Crippen LogP contribution >= 0.6 is 0 Å². The molecule has 0 aliphatic rings. The third-order valence-electron chi connectivity index (χ3n) is 1.92. The normalized spacial score (nSPS) is 10.2. The van der Waals surface area contributed by atoms with E-state index in [9.17, 15) is 4.39 Å². The molecule has 0 N–H and O–H groups in total. The minimum atomic E-state index is -0.450. The van der Waals surface area contributed by atoms with E-state index in [4.69, 9.17) is 0 Å². The number of hydrogen-bond acceptors (Lipinski definition) is 1. The molecule has 0 aliphatic heterocycles. The minimum Gasteiger partial charge on any atom is -0.306 e. The van der Waals surface area contributed by atoms with Gasteiger partial charge in [-0.15, -0.1) is 0 Å². The summed E-state index contributed by atoms with van der Waals surface area (Å²) in [6.45, 7) is -0.450. The van der Waals surface area contributed by atoms with Gasteiger partial charge in [0.1, 0.15) is 6.67 Å². The molecular weight excluding hydrogens is 167 g/mol. The summed E-state index contributed by atoms with van der Waals surface area (Å²) >= 11 is 0. The zero-order chi connectivity index (χ0) is 9.10. The molecule has 0 bridgehead atoms. The number of alkyl halides is 1. The van der Waals surface area contributed by atoms with Crippen molar-refractivity contribution in [1.29, 1.82) is 0 Å². The van der Waals surface area contributed by atoms with E-state index in [0.717, 1.165) is 5.69 Å². The molecule has 0 radical (unpaired) electrons. The number of benzene rings is 1. The van der Waals surface area contributed by atoms with Gasteiger partial charge in [-0.3, -0.25) is 0 Å². The number of hydrogen-bond donors (Lipinski definition) is 0. The minimum absolute atomic E-state index is 0.450. The summed E-state index contributed by atoms with van der Waals surface area (Å²) in [5.74, 6) is 0. The summed E-state index contributed by atoms with van der Waals surface area (Å²) in [7, 11) is 0. The van der Waals surface area contributed by atoms with E-state index in [1.165, 1.54) is 0 Å². The van der Waals surface area contributed by atoms with Gasteiger partial charge in [-0.1, -0.05) is 18.2 Å². The van der Waals surface area contributed by atoms with E-state index in [1.807, 2.05) is 18.2 Å². The molecule has 2 nitrogen and oxygen atoms in total. The van der Waals surface area contributed by atoms with Gasteiger partial charge in [0.25, 0.3) is 0 Å². The van der Waals surface area contributed by atoms with E-state index in [-0.39, 0.29) is 0 Å². The van der Waals surface area contributed by atoms with Crippen LogP contribution in [0.5, 0.6) is 0 Å². The molecule has 1 aromatic carbocycles. The summed E-state index contributed by atoms with van der Waals surface area (Å²) in [6, 6.07) is 7.36. The molecule has 0 spiro atoms. The van der Waals surface area contributed by atoms with Gasteiger partial charge in [0.15, 0.2) is 0 Å². The Balaban J connectivity index is 2.51. The maximum Gasteiger partial charge on any atom is 0.117 e. The predicted octanol–water partition coefficient (Wildman–Crippen LogP) is 2.34. The predicted molar refractivity (Wildman–Crippen MR) is 48.4 cm³/mol. The molecule has 0 saturated carbocycles. The fourth-order valence-electron chi connectivity index (χ4n) is 1.28. The molecule has 0 atom stereocenters. The molecule has 0 aliphatic carbocycles. The van der Waals surface area contributed by atoms with Crippen molar-refractivity contribution in [2.45, 2.75) is 6.67 Å². The average molecular weight is 176 g/mol. The van der Waals surface area contributed by atoms with Gasteiger partial charge >= 0.3 is 0 Å². The molecular formula is C10H9FN2. The standard InChI is InChI=1S/C10H9FN2/c11-7-9-3-1-2-4-10(9)13-6-5-12-8-13/h1-6,8H,7H2. The van der Waals surface area contributed by atoms with Crippen LogP contribution in [0.3, 0.4) is 0 Å². The first-order chi connectivity index (χ1) is 6.42. The van der Waals surface area contributed by atoms with Crippen LogP contribution in [0.1, 0.15) is 5.56 Å². The van der Waals surface area contributed by atoms with Gasteiger partial charge in [-0.2, -0.15) is 0 Å². The monoisotopic (exact) mass is 176 g/mol. The van der Waals surface area contributed by atoms with Gasteiger partial charge < -0.3 is 4.57 Å². The van der Waals surface area contributed by atoms with Crippen molar-refractivity contribution in [3.63, 3.8) is 0 Å². The van der Waals surface area contributed by atoms with Gasteiger partial charge in [0.2, 0.25) is 0 Å². The summed E-state index contributed by atoms with van der Waals surface area (Å²) in [5.41, 5.74) is 1.53. The zero-order valence-corrected chi connectivity index (χ0v) is 7.02. The first-order valence-electron chi connectivity index (χ1n) is 4.04.